The summed E-state index contributed by atoms with van der Waals surface area (Å²) in [7, 11) is -0.900. The van der Waals surface area contributed by atoms with Crippen LogP contribution in [0.3, 0.4) is 0 Å². The molecule has 0 bridgehead atoms. The number of carbonyl (C=O) groups is 1. The van der Waals surface area contributed by atoms with Gasteiger partial charge in [0.15, 0.2) is 11.5 Å². The lowest BCUT2D eigenvalue weighted by Gasteiger charge is -2.26. The highest BCUT2D eigenvalue weighted by atomic mass is 79.9. The molecule has 0 spiro atoms. The predicted octanol–water partition coefficient (Wildman–Crippen LogP) is 5.58. The maximum absolute atomic E-state index is 13.5. The van der Waals surface area contributed by atoms with Gasteiger partial charge in [-0.15, -0.1) is 0 Å². The number of nitrogens with one attached hydrogen (secondary N) is 1. The molecule has 0 saturated carbocycles. The van der Waals surface area contributed by atoms with Crippen LogP contribution in [0, 0.1) is 0 Å². The van der Waals surface area contributed by atoms with Crippen LogP contribution in [0.2, 0.25) is 5.02 Å². The molecule has 1 N–H and O–H groups in total. The Kier molecular flexibility index (Phi) is 8.69. The molecule has 1 atom stereocenters. The fraction of sp³-hybridized carbons (Fsp3) is 0.240. The van der Waals surface area contributed by atoms with Crippen molar-refractivity contribution in [2.24, 2.45) is 0 Å². The minimum absolute atomic E-state index is 0.00699. The van der Waals surface area contributed by atoms with E-state index in [-0.39, 0.29) is 23.8 Å². The molecular weight excluding hydrogens is 556 g/mol. The van der Waals surface area contributed by atoms with E-state index in [1.165, 1.54) is 26.4 Å². The maximum atomic E-state index is 13.5. The number of halogens is 2. The van der Waals surface area contributed by atoms with Crippen LogP contribution in [0.25, 0.3) is 0 Å². The third-order valence-electron chi connectivity index (χ3n) is 5.35. The van der Waals surface area contributed by atoms with Gasteiger partial charge in [0.05, 0.1) is 44.3 Å². The number of benzene rings is 3. The Morgan fingerprint density at radius 2 is 1.69 bits per heavy atom. The highest BCUT2D eigenvalue weighted by Crippen LogP contribution is 2.37. The highest BCUT2D eigenvalue weighted by Gasteiger charge is 2.27. The van der Waals surface area contributed by atoms with Crippen LogP contribution in [0.4, 0.5) is 5.69 Å². The van der Waals surface area contributed by atoms with E-state index in [4.69, 9.17) is 21.1 Å². The van der Waals surface area contributed by atoms with Crippen molar-refractivity contribution in [3.63, 3.8) is 0 Å². The van der Waals surface area contributed by atoms with Crippen molar-refractivity contribution in [1.29, 1.82) is 0 Å². The van der Waals surface area contributed by atoms with E-state index in [1.807, 2.05) is 31.2 Å². The molecule has 0 aliphatic carbocycles. The van der Waals surface area contributed by atoms with Crippen LogP contribution < -0.4 is 19.1 Å². The first-order valence-electron chi connectivity index (χ1n) is 10.6. The number of amides is 1. The van der Waals surface area contributed by atoms with Crippen LogP contribution in [0.5, 0.6) is 11.5 Å². The van der Waals surface area contributed by atoms with E-state index in [0.29, 0.717) is 22.1 Å². The summed E-state index contributed by atoms with van der Waals surface area (Å²) in [5.74, 6) is 0.137. The number of rotatable bonds is 9. The van der Waals surface area contributed by atoms with Crippen LogP contribution in [-0.4, -0.2) is 34.8 Å². The van der Waals surface area contributed by atoms with Crippen LogP contribution in [-0.2, 0) is 16.6 Å². The Bertz CT molecular complexity index is 1320. The quantitative estimate of drug-likeness (QED) is 0.357. The molecule has 3 aromatic carbocycles. The lowest BCUT2D eigenvalue weighted by molar-refractivity contribution is 0.0940. The largest absolute Gasteiger partial charge is 0.493 e. The van der Waals surface area contributed by atoms with Crippen molar-refractivity contribution >= 4 is 49.1 Å². The molecule has 0 saturated heterocycles. The van der Waals surface area contributed by atoms with E-state index in [9.17, 15) is 13.2 Å². The summed E-state index contributed by atoms with van der Waals surface area (Å²) in [4.78, 5) is 13.5. The number of ether oxygens (including phenoxy) is 2. The number of hydrogen-bond donors (Lipinski definition) is 1. The molecule has 3 aromatic rings. The van der Waals surface area contributed by atoms with Crippen molar-refractivity contribution in [1.82, 2.24) is 5.32 Å². The Balaban J connectivity index is 2.08. The fourth-order valence-corrected chi connectivity index (χ4v) is 4.96. The molecule has 0 aromatic heterocycles. The standard InChI is InChI=1S/C25H26BrClN2O5S/c1-16(18-6-5-7-19(26)12-18)28-25(30)21-13-23(33-2)24(34-3)14-22(21)29(35(4,31)32)15-17-8-10-20(27)11-9-17/h5-14,16H,15H2,1-4H3,(H,28,30). The summed E-state index contributed by atoms with van der Waals surface area (Å²) in [5, 5.41) is 3.49. The van der Waals surface area contributed by atoms with Gasteiger partial charge < -0.3 is 14.8 Å². The lowest BCUT2D eigenvalue weighted by Crippen LogP contribution is -2.33. The molecule has 0 heterocycles. The van der Waals surface area contributed by atoms with Gasteiger partial charge in [0.2, 0.25) is 10.0 Å². The molecule has 0 radical (unpaired) electrons. The van der Waals surface area contributed by atoms with Crippen molar-refractivity contribution in [2.45, 2.75) is 19.5 Å². The zero-order valence-corrected chi connectivity index (χ0v) is 22.9. The molecule has 10 heteroatoms. The summed E-state index contributed by atoms with van der Waals surface area (Å²) < 4.78 is 38.6. The number of nitrogens with zero attached hydrogens (tertiary/aromatic N) is 1. The SMILES string of the molecule is COc1cc(C(=O)NC(C)c2cccc(Br)c2)c(N(Cc2ccc(Cl)cc2)S(C)(=O)=O)cc1OC. The number of carbonyl (C=O) groups excluding carboxylic acids is 1. The lowest BCUT2D eigenvalue weighted by atomic mass is 10.1. The summed E-state index contributed by atoms with van der Waals surface area (Å²) in [6, 6.07) is 17.0. The van der Waals surface area contributed by atoms with Gasteiger partial charge in [-0.2, -0.15) is 0 Å². The van der Waals surface area contributed by atoms with Crippen molar-refractivity contribution < 1.29 is 22.7 Å². The molecule has 1 unspecified atom stereocenters. The zero-order valence-electron chi connectivity index (χ0n) is 19.7. The molecule has 0 aliphatic heterocycles. The van der Waals surface area contributed by atoms with Crippen LogP contribution in [0.1, 0.15) is 34.5 Å². The second kappa shape index (κ2) is 11.3. The number of sulfonamides is 1. The van der Waals surface area contributed by atoms with Crippen LogP contribution in [0.15, 0.2) is 65.1 Å². The fourth-order valence-electron chi connectivity index (χ4n) is 3.53. The Hall–Kier alpha value is -2.75. The number of methoxy groups -OCH3 is 2. The van der Waals surface area contributed by atoms with E-state index in [1.54, 1.807) is 24.3 Å². The Labute approximate surface area is 219 Å². The van der Waals surface area contributed by atoms with E-state index in [2.05, 4.69) is 21.2 Å². The topological polar surface area (TPSA) is 84.9 Å². The first kappa shape index (κ1) is 26.8. The van der Waals surface area contributed by atoms with E-state index < -0.39 is 15.9 Å². The van der Waals surface area contributed by atoms with Gasteiger partial charge in [-0.1, -0.05) is 51.8 Å². The van der Waals surface area contributed by atoms with Gasteiger partial charge in [-0.25, -0.2) is 8.42 Å². The highest BCUT2D eigenvalue weighted by molar-refractivity contribution is 9.10. The molecule has 186 valence electrons. The third-order valence-corrected chi connectivity index (χ3v) is 7.22. The molecule has 1 amide bonds. The number of anilines is 1. The predicted molar refractivity (Wildman–Crippen MR) is 142 cm³/mol. The van der Waals surface area contributed by atoms with Gasteiger partial charge in [0.25, 0.3) is 5.91 Å². The molecule has 35 heavy (non-hydrogen) atoms. The minimum atomic E-state index is -3.80. The second-order valence-corrected chi connectivity index (χ2v) is 11.1. The summed E-state index contributed by atoms with van der Waals surface area (Å²) in [5.41, 5.74) is 1.88. The summed E-state index contributed by atoms with van der Waals surface area (Å²) >= 11 is 9.43. The smallest absolute Gasteiger partial charge is 0.254 e. The van der Waals surface area contributed by atoms with Crippen molar-refractivity contribution in [3.8, 4) is 11.5 Å². The van der Waals surface area contributed by atoms with Crippen LogP contribution >= 0.6 is 27.5 Å². The Morgan fingerprint density at radius 3 is 2.26 bits per heavy atom. The normalized spacial score (nSPS) is 12.1. The first-order chi connectivity index (χ1) is 16.5. The van der Waals surface area contributed by atoms with E-state index >= 15 is 0 Å². The van der Waals surface area contributed by atoms with E-state index in [0.717, 1.165) is 20.6 Å². The molecule has 0 fully saturated rings. The maximum Gasteiger partial charge on any atom is 0.254 e. The molecule has 3 rings (SSSR count). The number of hydrogen-bond acceptors (Lipinski definition) is 5. The van der Waals surface area contributed by atoms with Crippen molar-refractivity contribution in [3.05, 3.63) is 86.8 Å². The van der Waals surface area contributed by atoms with Gasteiger partial charge >= 0.3 is 0 Å². The van der Waals surface area contributed by atoms with Gasteiger partial charge in [-0.3, -0.25) is 9.10 Å². The van der Waals surface area contributed by atoms with Gasteiger partial charge in [0.1, 0.15) is 0 Å². The molecule has 0 aliphatic rings. The summed E-state index contributed by atoms with van der Waals surface area (Å²) in [6.45, 7) is 1.84. The van der Waals surface area contributed by atoms with Crippen molar-refractivity contribution in [2.75, 3.05) is 24.8 Å². The zero-order chi connectivity index (χ0) is 25.8. The average Bonchev–Trinajstić information content (AvgIpc) is 2.82. The first-order valence-corrected chi connectivity index (χ1v) is 13.6. The third kappa shape index (κ3) is 6.68. The minimum Gasteiger partial charge on any atom is -0.493 e. The monoisotopic (exact) mass is 580 g/mol. The second-order valence-electron chi connectivity index (χ2n) is 7.87. The van der Waals surface area contributed by atoms with Gasteiger partial charge in [-0.05, 0) is 48.4 Å². The Morgan fingerprint density at radius 1 is 1.06 bits per heavy atom. The average molecular weight is 582 g/mol. The van der Waals surface area contributed by atoms with Gasteiger partial charge in [0, 0.05) is 15.6 Å². The summed E-state index contributed by atoms with van der Waals surface area (Å²) in [6.07, 6.45) is 1.09. The molecular formula is C25H26BrClN2O5S. The molecule has 7 nitrogen and oxygen atoms in total.